The molecule has 0 saturated carbocycles. The van der Waals surface area contributed by atoms with Crippen molar-refractivity contribution in [3.63, 3.8) is 0 Å². The molecule has 3 amide bonds. The van der Waals surface area contributed by atoms with E-state index in [-0.39, 0.29) is 18.0 Å². The van der Waals surface area contributed by atoms with Crippen molar-refractivity contribution in [2.45, 2.75) is 37.8 Å². The van der Waals surface area contributed by atoms with E-state index in [4.69, 9.17) is 0 Å². The van der Waals surface area contributed by atoms with Crippen molar-refractivity contribution >= 4 is 17.6 Å². The summed E-state index contributed by atoms with van der Waals surface area (Å²) >= 11 is 0. The Morgan fingerprint density at radius 2 is 2.00 bits per heavy atom. The lowest BCUT2D eigenvalue weighted by Gasteiger charge is -2.24. The third kappa shape index (κ3) is 2.03. The summed E-state index contributed by atoms with van der Waals surface area (Å²) < 4.78 is 27.0. The number of carbonyl (C=O) groups excluding carboxylic acids is 2. The number of hydrogen-bond acceptors (Lipinski definition) is 3. The number of imide groups is 1. The predicted octanol–water partition coefficient (Wildman–Crippen LogP) is 2.36. The van der Waals surface area contributed by atoms with Gasteiger partial charge in [-0.1, -0.05) is 0 Å². The lowest BCUT2D eigenvalue weighted by atomic mass is 9.99. The molecule has 0 bridgehead atoms. The van der Waals surface area contributed by atoms with Crippen LogP contribution in [0.2, 0.25) is 0 Å². The highest BCUT2D eigenvalue weighted by atomic mass is 19.1. The van der Waals surface area contributed by atoms with Crippen molar-refractivity contribution in [1.82, 2.24) is 9.80 Å². The number of amides is 3. The lowest BCUT2D eigenvalue weighted by molar-refractivity contribution is -0.133. The van der Waals surface area contributed by atoms with Gasteiger partial charge in [0.1, 0.15) is 17.2 Å². The smallest absolute Gasteiger partial charge is 0.327 e. The molecule has 0 radical (unpaired) electrons. The van der Waals surface area contributed by atoms with Crippen LogP contribution in [0.3, 0.4) is 0 Å². The second-order valence-corrected chi connectivity index (χ2v) is 6.97. The monoisotopic (exact) mass is 335 g/mol. The molecule has 0 unspecified atom stereocenters. The summed E-state index contributed by atoms with van der Waals surface area (Å²) in [6.45, 7) is 3.35. The van der Waals surface area contributed by atoms with Gasteiger partial charge in [0.2, 0.25) is 0 Å². The highest BCUT2D eigenvalue weighted by Crippen LogP contribution is 2.39. The maximum atomic E-state index is 14.0. The van der Waals surface area contributed by atoms with Crippen LogP contribution in [0.5, 0.6) is 0 Å². The van der Waals surface area contributed by atoms with Crippen molar-refractivity contribution < 1.29 is 18.4 Å². The molecule has 7 heteroatoms. The summed E-state index contributed by atoms with van der Waals surface area (Å²) in [7, 11) is 0. The van der Waals surface area contributed by atoms with Crippen LogP contribution in [0, 0.1) is 11.6 Å². The molecule has 1 aromatic rings. The zero-order chi connectivity index (χ0) is 17.1. The molecule has 5 nitrogen and oxygen atoms in total. The third-order valence-corrected chi connectivity index (χ3v) is 5.54. The molecule has 1 aromatic carbocycles. The Morgan fingerprint density at radius 3 is 2.71 bits per heavy atom. The van der Waals surface area contributed by atoms with Crippen LogP contribution < -0.4 is 4.90 Å². The highest BCUT2D eigenvalue weighted by Gasteiger charge is 2.58. The van der Waals surface area contributed by atoms with Gasteiger partial charge in [-0.2, -0.15) is 0 Å². The summed E-state index contributed by atoms with van der Waals surface area (Å²) in [5, 5.41) is 0. The molecule has 0 aliphatic carbocycles. The standard InChI is InChI=1S/C17H19F2N3O2/c1-17-6-2-7-21(17)16(24)22(15(17)23)12-5-8-20(10-12)14-4-3-11(18)9-13(14)19/h3-4,9,12H,2,5-8,10H2,1H3/t12-,17+/m0/s1. The molecule has 2 atom stereocenters. The Morgan fingerprint density at radius 1 is 1.21 bits per heavy atom. The molecule has 4 rings (SSSR count). The number of fused-ring (bicyclic) bond motifs is 1. The fourth-order valence-corrected chi connectivity index (χ4v) is 4.20. The van der Waals surface area contributed by atoms with E-state index in [9.17, 15) is 18.4 Å². The first-order valence-electron chi connectivity index (χ1n) is 8.27. The van der Waals surface area contributed by atoms with E-state index in [1.54, 1.807) is 9.80 Å². The average molecular weight is 335 g/mol. The van der Waals surface area contributed by atoms with Gasteiger partial charge in [-0.3, -0.25) is 9.69 Å². The number of urea groups is 1. The molecule has 3 saturated heterocycles. The molecule has 3 heterocycles. The van der Waals surface area contributed by atoms with Gasteiger partial charge < -0.3 is 9.80 Å². The second-order valence-electron chi connectivity index (χ2n) is 6.97. The molecule has 24 heavy (non-hydrogen) atoms. The maximum Gasteiger partial charge on any atom is 0.327 e. The number of hydrogen-bond donors (Lipinski definition) is 0. The van der Waals surface area contributed by atoms with Crippen molar-refractivity contribution in [3.05, 3.63) is 29.8 Å². The van der Waals surface area contributed by atoms with Crippen LogP contribution in [0.25, 0.3) is 0 Å². The second kappa shape index (κ2) is 5.16. The lowest BCUT2D eigenvalue weighted by Crippen LogP contribution is -2.45. The Bertz CT molecular complexity index is 726. The minimum atomic E-state index is -0.717. The summed E-state index contributed by atoms with van der Waals surface area (Å²) in [5.74, 6) is -1.39. The number of carbonyl (C=O) groups is 2. The number of anilines is 1. The van der Waals surface area contributed by atoms with Crippen LogP contribution in [0.4, 0.5) is 19.3 Å². The molecule has 3 aliphatic rings. The topological polar surface area (TPSA) is 43.9 Å². The molecule has 0 N–H and O–H groups in total. The Kier molecular flexibility index (Phi) is 3.30. The Hall–Kier alpha value is -2.18. The SMILES string of the molecule is C[C@]12CCCN1C(=O)N([C@H]1CCN(c3ccc(F)cc3F)C1)C2=O. The largest absolute Gasteiger partial charge is 0.367 e. The van der Waals surface area contributed by atoms with Crippen LogP contribution in [-0.2, 0) is 4.79 Å². The normalized spacial score (nSPS) is 29.8. The zero-order valence-electron chi connectivity index (χ0n) is 13.5. The average Bonchev–Trinajstić information content (AvgIpc) is 3.18. The number of benzene rings is 1. The van der Waals surface area contributed by atoms with E-state index < -0.39 is 17.2 Å². The summed E-state index contributed by atoms with van der Waals surface area (Å²) in [5.41, 5.74) is -0.407. The minimum Gasteiger partial charge on any atom is -0.367 e. The van der Waals surface area contributed by atoms with Crippen LogP contribution in [-0.4, -0.2) is 53.0 Å². The van der Waals surface area contributed by atoms with E-state index in [2.05, 4.69) is 0 Å². The predicted molar refractivity (Wildman–Crippen MR) is 83.6 cm³/mol. The third-order valence-electron chi connectivity index (χ3n) is 5.54. The van der Waals surface area contributed by atoms with E-state index in [0.717, 1.165) is 12.5 Å². The molecular formula is C17H19F2N3O2. The van der Waals surface area contributed by atoms with Gasteiger partial charge in [0, 0.05) is 25.7 Å². The van der Waals surface area contributed by atoms with Crippen LogP contribution in [0.1, 0.15) is 26.2 Å². The summed E-state index contributed by atoms with van der Waals surface area (Å²) in [6.07, 6.45) is 2.13. The minimum absolute atomic E-state index is 0.142. The van der Waals surface area contributed by atoms with Gasteiger partial charge in [0.25, 0.3) is 5.91 Å². The van der Waals surface area contributed by atoms with E-state index in [1.165, 1.54) is 17.0 Å². The number of nitrogens with zero attached hydrogens (tertiary/aromatic N) is 3. The van der Waals surface area contributed by atoms with E-state index >= 15 is 0 Å². The van der Waals surface area contributed by atoms with E-state index in [1.807, 2.05) is 6.92 Å². The molecule has 3 aliphatic heterocycles. The van der Waals surface area contributed by atoms with Crippen LogP contribution >= 0.6 is 0 Å². The molecule has 0 aromatic heterocycles. The zero-order valence-corrected chi connectivity index (χ0v) is 13.5. The van der Waals surface area contributed by atoms with Gasteiger partial charge in [-0.15, -0.1) is 0 Å². The number of halogens is 2. The van der Waals surface area contributed by atoms with Crippen molar-refractivity contribution in [2.75, 3.05) is 24.5 Å². The Balaban J connectivity index is 1.55. The summed E-state index contributed by atoms with van der Waals surface area (Å²) in [6, 6.07) is 2.98. The molecular weight excluding hydrogens is 316 g/mol. The first kappa shape index (κ1) is 15.4. The fourth-order valence-electron chi connectivity index (χ4n) is 4.20. The van der Waals surface area contributed by atoms with Crippen molar-refractivity contribution in [3.8, 4) is 0 Å². The summed E-state index contributed by atoms with van der Waals surface area (Å²) in [4.78, 5) is 30.2. The van der Waals surface area contributed by atoms with Gasteiger partial charge in [0.15, 0.2) is 0 Å². The first-order chi connectivity index (χ1) is 11.4. The van der Waals surface area contributed by atoms with Gasteiger partial charge >= 0.3 is 6.03 Å². The Labute approximate surface area is 138 Å². The van der Waals surface area contributed by atoms with Crippen molar-refractivity contribution in [1.29, 1.82) is 0 Å². The first-order valence-corrected chi connectivity index (χ1v) is 8.27. The van der Waals surface area contributed by atoms with Crippen molar-refractivity contribution in [2.24, 2.45) is 0 Å². The molecule has 0 spiro atoms. The quantitative estimate of drug-likeness (QED) is 0.780. The fraction of sp³-hybridized carbons (Fsp3) is 0.529. The van der Waals surface area contributed by atoms with Gasteiger partial charge in [0.05, 0.1) is 11.7 Å². The number of rotatable bonds is 2. The maximum absolute atomic E-state index is 14.0. The molecule has 128 valence electrons. The van der Waals surface area contributed by atoms with Gasteiger partial charge in [-0.05, 0) is 38.3 Å². The molecule has 3 fully saturated rings. The van der Waals surface area contributed by atoms with E-state index in [0.29, 0.717) is 38.2 Å². The van der Waals surface area contributed by atoms with Gasteiger partial charge in [-0.25, -0.2) is 13.6 Å². The highest BCUT2D eigenvalue weighted by molar-refractivity contribution is 6.07. The van der Waals surface area contributed by atoms with Crippen LogP contribution in [0.15, 0.2) is 18.2 Å².